The summed E-state index contributed by atoms with van der Waals surface area (Å²) in [6, 6.07) is 7.90. The Morgan fingerprint density at radius 2 is 1.60 bits per heavy atom. The van der Waals surface area contributed by atoms with Crippen molar-refractivity contribution in [1.29, 1.82) is 0 Å². The quantitative estimate of drug-likeness (QED) is 0.814. The second-order valence-corrected chi connectivity index (χ2v) is 5.16. The third-order valence-corrected chi connectivity index (χ3v) is 3.05. The topological polar surface area (TPSA) is 71.1 Å². The number of hydrogen-bond acceptors (Lipinski definition) is 3. The van der Waals surface area contributed by atoms with Gasteiger partial charge < -0.3 is 0 Å². The molecule has 2 amide bonds. The van der Waals surface area contributed by atoms with Gasteiger partial charge in [0, 0.05) is 27.5 Å². The molecule has 0 saturated carbocycles. The highest BCUT2D eigenvalue weighted by Crippen LogP contribution is 2.10. The zero-order valence-electron chi connectivity index (χ0n) is 10.1. The first-order chi connectivity index (χ1) is 9.56. The van der Waals surface area contributed by atoms with E-state index in [1.165, 1.54) is 6.20 Å². The van der Waals surface area contributed by atoms with E-state index in [-0.39, 0.29) is 0 Å². The molecule has 0 fully saturated rings. The first kappa shape index (κ1) is 14.5. The van der Waals surface area contributed by atoms with E-state index in [2.05, 4.69) is 31.8 Å². The van der Waals surface area contributed by atoms with E-state index < -0.39 is 11.8 Å². The van der Waals surface area contributed by atoms with Crippen LogP contribution in [0.15, 0.2) is 47.2 Å². The Balaban J connectivity index is 1.96. The molecule has 0 bridgehead atoms. The van der Waals surface area contributed by atoms with Crippen LogP contribution in [0.1, 0.15) is 20.7 Å². The van der Waals surface area contributed by atoms with Gasteiger partial charge in [-0.15, -0.1) is 0 Å². The number of carbonyl (C=O) groups excluding carboxylic acids is 2. The molecule has 0 unspecified atom stereocenters. The molecule has 0 aliphatic rings. The van der Waals surface area contributed by atoms with Crippen LogP contribution < -0.4 is 10.9 Å². The fourth-order valence-electron chi connectivity index (χ4n) is 1.40. The van der Waals surface area contributed by atoms with Gasteiger partial charge in [0.15, 0.2) is 0 Å². The summed E-state index contributed by atoms with van der Waals surface area (Å²) in [6.45, 7) is 0. The number of carbonyl (C=O) groups is 2. The molecule has 2 aromatic rings. The molecule has 0 spiro atoms. The number of hydrogen-bond donors (Lipinski definition) is 2. The molecular weight excluding hydrogens is 346 g/mol. The van der Waals surface area contributed by atoms with E-state index in [0.29, 0.717) is 20.6 Å². The second-order valence-electron chi connectivity index (χ2n) is 3.81. The van der Waals surface area contributed by atoms with Gasteiger partial charge in [0.2, 0.25) is 0 Å². The van der Waals surface area contributed by atoms with Crippen molar-refractivity contribution in [2.75, 3.05) is 0 Å². The highest BCUT2D eigenvalue weighted by Gasteiger charge is 2.09. The Hall–Kier alpha value is -1.92. The number of hydrazine groups is 1. The number of rotatable bonds is 2. The number of nitrogens with one attached hydrogen (secondary N) is 2. The minimum absolute atomic E-state index is 0.329. The third-order valence-electron chi connectivity index (χ3n) is 2.36. The van der Waals surface area contributed by atoms with E-state index in [9.17, 15) is 9.59 Å². The minimum Gasteiger partial charge on any atom is -0.267 e. The summed E-state index contributed by atoms with van der Waals surface area (Å²) in [5, 5.41) is 0.533. The average molecular weight is 355 g/mol. The Labute approximate surface area is 128 Å². The summed E-state index contributed by atoms with van der Waals surface area (Å²) in [5.74, 6) is -0.890. The zero-order chi connectivity index (χ0) is 14.5. The molecule has 7 heteroatoms. The van der Waals surface area contributed by atoms with E-state index in [0.717, 1.165) is 0 Å². The van der Waals surface area contributed by atoms with Gasteiger partial charge in [-0.3, -0.25) is 25.4 Å². The fraction of sp³-hybridized carbons (Fsp3) is 0. The normalized spacial score (nSPS) is 9.90. The van der Waals surface area contributed by atoms with Crippen molar-refractivity contribution in [1.82, 2.24) is 15.8 Å². The van der Waals surface area contributed by atoms with Crippen LogP contribution in [0.3, 0.4) is 0 Å². The smallest absolute Gasteiger partial charge is 0.267 e. The Bertz CT molecular complexity index is 646. The van der Waals surface area contributed by atoms with Crippen LogP contribution in [-0.2, 0) is 0 Å². The maximum Gasteiger partial charge on any atom is 0.271 e. The lowest BCUT2D eigenvalue weighted by molar-refractivity contribution is 0.0846. The van der Waals surface area contributed by atoms with Gasteiger partial charge in [-0.25, -0.2) is 0 Å². The minimum atomic E-state index is -0.457. The highest BCUT2D eigenvalue weighted by atomic mass is 79.9. The van der Waals surface area contributed by atoms with Crippen molar-refractivity contribution < 1.29 is 9.59 Å². The molecule has 1 aromatic carbocycles. The van der Waals surface area contributed by atoms with Gasteiger partial charge in [-0.1, -0.05) is 11.6 Å². The third kappa shape index (κ3) is 3.79. The Kier molecular flexibility index (Phi) is 4.70. The van der Waals surface area contributed by atoms with Crippen LogP contribution in [0.2, 0.25) is 5.02 Å². The van der Waals surface area contributed by atoms with Gasteiger partial charge >= 0.3 is 0 Å². The maximum atomic E-state index is 11.8. The molecule has 1 aromatic heterocycles. The van der Waals surface area contributed by atoms with E-state index in [1.807, 2.05) is 0 Å². The summed E-state index contributed by atoms with van der Waals surface area (Å²) >= 11 is 8.94. The van der Waals surface area contributed by atoms with E-state index in [1.54, 1.807) is 36.5 Å². The summed E-state index contributed by atoms with van der Waals surface area (Å²) in [4.78, 5) is 27.4. The highest BCUT2D eigenvalue weighted by molar-refractivity contribution is 9.10. The van der Waals surface area contributed by atoms with E-state index in [4.69, 9.17) is 11.6 Å². The van der Waals surface area contributed by atoms with Gasteiger partial charge in [-0.2, -0.15) is 0 Å². The lowest BCUT2D eigenvalue weighted by atomic mass is 10.2. The molecular formula is C13H9BrClN3O2. The number of benzene rings is 1. The van der Waals surface area contributed by atoms with Crippen LogP contribution in [0.25, 0.3) is 0 Å². The van der Waals surface area contributed by atoms with Gasteiger partial charge in [-0.05, 0) is 46.3 Å². The first-order valence-electron chi connectivity index (χ1n) is 5.53. The molecule has 0 radical (unpaired) electrons. The fourth-order valence-corrected chi connectivity index (χ4v) is 1.89. The number of halogens is 2. The SMILES string of the molecule is O=C(NNC(=O)c1cncc(Br)c1)c1ccc(Cl)cc1. The van der Waals surface area contributed by atoms with Crippen molar-refractivity contribution in [3.05, 3.63) is 63.3 Å². The summed E-state index contributed by atoms with van der Waals surface area (Å²) < 4.78 is 0.675. The molecule has 2 rings (SSSR count). The zero-order valence-corrected chi connectivity index (χ0v) is 12.4. The van der Waals surface area contributed by atoms with Crippen LogP contribution in [-0.4, -0.2) is 16.8 Å². The second kappa shape index (κ2) is 6.49. The van der Waals surface area contributed by atoms with Crippen LogP contribution >= 0.6 is 27.5 Å². The molecule has 1 heterocycles. The van der Waals surface area contributed by atoms with Gasteiger partial charge in [0.25, 0.3) is 11.8 Å². The lowest BCUT2D eigenvalue weighted by Gasteiger charge is -2.07. The predicted molar refractivity (Wildman–Crippen MR) is 78.3 cm³/mol. The number of amides is 2. The molecule has 0 saturated heterocycles. The molecule has 2 N–H and O–H groups in total. The van der Waals surface area contributed by atoms with Gasteiger partial charge in [0.05, 0.1) is 5.56 Å². The number of nitrogens with zero attached hydrogens (tertiary/aromatic N) is 1. The van der Waals surface area contributed by atoms with Crippen molar-refractivity contribution in [2.45, 2.75) is 0 Å². The standard InChI is InChI=1S/C13H9BrClN3O2/c14-10-5-9(6-16-7-10)13(20)18-17-12(19)8-1-3-11(15)4-2-8/h1-7H,(H,17,19)(H,18,20). The van der Waals surface area contributed by atoms with Crippen molar-refractivity contribution in [3.8, 4) is 0 Å². The summed E-state index contributed by atoms with van der Waals surface area (Å²) in [7, 11) is 0. The van der Waals surface area contributed by atoms with Crippen LogP contribution in [0, 0.1) is 0 Å². The molecule has 0 aliphatic heterocycles. The molecule has 5 nitrogen and oxygen atoms in total. The average Bonchev–Trinajstić information content (AvgIpc) is 2.45. The van der Waals surface area contributed by atoms with Gasteiger partial charge in [0.1, 0.15) is 0 Å². The maximum absolute atomic E-state index is 11.8. The Morgan fingerprint density at radius 3 is 2.20 bits per heavy atom. The first-order valence-corrected chi connectivity index (χ1v) is 6.70. The molecule has 0 atom stereocenters. The lowest BCUT2D eigenvalue weighted by Crippen LogP contribution is -2.41. The monoisotopic (exact) mass is 353 g/mol. The molecule has 102 valence electrons. The number of pyridine rings is 1. The molecule has 0 aliphatic carbocycles. The summed E-state index contributed by atoms with van der Waals surface area (Å²) in [5.41, 5.74) is 5.34. The molecule has 20 heavy (non-hydrogen) atoms. The van der Waals surface area contributed by atoms with Crippen molar-refractivity contribution in [2.24, 2.45) is 0 Å². The van der Waals surface area contributed by atoms with Crippen LogP contribution in [0.5, 0.6) is 0 Å². The Morgan fingerprint density at radius 1 is 1.00 bits per heavy atom. The van der Waals surface area contributed by atoms with Crippen molar-refractivity contribution >= 4 is 39.3 Å². The summed E-state index contributed by atoms with van der Waals surface area (Å²) in [6.07, 6.45) is 2.96. The predicted octanol–water partition coefficient (Wildman–Crippen LogP) is 2.57. The van der Waals surface area contributed by atoms with Crippen LogP contribution in [0.4, 0.5) is 0 Å². The number of aromatic nitrogens is 1. The van der Waals surface area contributed by atoms with Crippen molar-refractivity contribution in [3.63, 3.8) is 0 Å². The van der Waals surface area contributed by atoms with E-state index >= 15 is 0 Å². The largest absolute Gasteiger partial charge is 0.271 e.